The highest BCUT2D eigenvalue weighted by Crippen LogP contribution is 2.20. The van der Waals surface area contributed by atoms with Gasteiger partial charge in [-0.1, -0.05) is 6.92 Å². The molecule has 1 atom stereocenters. The van der Waals surface area contributed by atoms with Crippen LogP contribution in [0.25, 0.3) is 0 Å². The predicted octanol–water partition coefficient (Wildman–Crippen LogP) is 1.63. The van der Waals surface area contributed by atoms with Crippen molar-refractivity contribution in [2.45, 2.75) is 39.3 Å². The highest BCUT2D eigenvalue weighted by atomic mass is 15.1. The quantitative estimate of drug-likeness (QED) is 0.864. The van der Waals surface area contributed by atoms with E-state index in [1.165, 1.54) is 32.5 Å². The molecule has 0 saturated carbocycles. The number of nitrogens with zero attached hydrogens (tertiary/aromatic N) is 3. The van der Waals surface area contributed by atoms with Crippen LogP contribution in [0.4, 0.5) is 0 Å². The molecule has 17 heavy (non-hydrogen) atoms. The smallest absolute Gasteiger partial charge is 0.0948 e. The number of rotatable bonds is 4. The van der Waals surface area contributed by atoms with Crippen LogP contribution in [0.3, 0.4) is 0 Å². The molecule has 1 aromatic rings. The molecule has 1 saturated heterocycles. The molecule has 0 aliphatic carbocycles. The fraction of sp³-hybridized carbons (Fsp3) is 0.769. The molecule has 1 aliphatic rings. The molecule has 2 rings (SSSR count). The van der Waals surface area contributed by atoms with Crippen molar-refractivity contribution < 1.29 is 0 Å². The van der Waals surface area contributed by atoms with Gasteiger partial charge < -0.3 is 15.2 Å². The van der Waals surface area contributed by atoms with E-state index in [9.17, 15) is 0 Å². The number of hydrogen-bond acceptors (Lipinski definition) is 3. The van der Waals surface area contributed by atoms with Crippen LogP contribution in [0, 0.1) is 5.92 Å². The van der Waals surface area contributed by atoms with Gasteiger partial charge in [0.1, 0.15) is 0 Å². The van der Waals surface area contributed by atoms with E-state index in [0.29, 0.717) is 0 Å². The molecule has 2 N–H and O–H groups in total. The van der Waals surface area contributed by atoms with E-state index < -0.39 is 0 Å². The van der Waals surface area contributed by atoms with Crippen LogP contribution >= 0.6 is 0 Å². The molecule has 0 amide bonds. The summed E-state index contributed by atoms with van der Waals surface area (Å²) in [4.78, 5) is 6.74. The molecule has 1 fully saturated rings. The van der Waals surface area contributed by atoms with Gasteiger partial charge in [0, 0.05) is 18.8 Å². The van der Waals surface area contributed by atoms with Crippen LogP contribution in [-0.2, 0) is 6.54 Å². The van der Waals surface area contributed by atoms with Crippen molar-refractivity contribution in [1.82, 2.24) is 14.5 Å². The van der Waals surface area contributed by atoms with Crippen LogP contribution in [-0.4, -0.2) is 34.1 Å². The van der Waals surface area contributed by atoms with Crippen molar-refractivity contribution in [2.75, 3.05) is 19.6 Å². The van der Waals surface area contributed by atoms with Gasteiger partial charge >= 0.3 is 0 Å². The lowest BCUT2D eigenvalue weighted by Gasteiger charge is -2.31. The van der Waals surface area contributed by atoms with Gasteiger partial charge in [0.2, 0.25) is 0 Å². The van der Waals surface area contributed by atoms with Crippen molar-refractivity contribution in [2.24, 2.45) is 11.7 Å². The molecule has 1 aliphatic heterocycles. The number of nitrogens with two attached hydrogens (primary N) is 1. The molecule has 0 unspecified atom stereocenters. The monoisotopic (exact) mass is 236 g/mol. The Hall–Kier alpha value is -0.870. The van der Waals surface area contributed by atoms with E-state index in [2.05, 4.69) is 21.4 Å². The zero-order valence-electron chi connectivity index (χ0n) is 11.0. The van der Waals surface area contributed by atoms with Gasteiger partial charge in [-0.25, -0.2) is 4.98 Å². The van der Waals surface area contributed by atoms with Gasteiger partial charge in [-0.05, 0) is 45.3 Å². The molecular weight excluding hydrogens is 212 g/mol. The van der Waals surface area contributed by atoms with Crippen LogP contribution in [0.15, 0.2) is 12.5 Å². The summed E-state index contributed by atoms with van der Waals surface area (Å²) in [6, 6.07) is 0.0771. The number of aromatic nitrogens is 2. The van der Waals surface area contributed by atoms with E-state index in [1.807, 2.05) is 19.4 Å². The Morgan fingerprint density at radius 2 is 2.18 bits per heavy atom. The molecular formula is C13H24N4. The third kappa shape index (κ3) is 3.07. The number of likely N-dealkylation sites (tertiary alicyclic amines) is 1. The Bertz CT molecular complexity index is 337. The second-order valence-electron chi connectivity index (χ2n) is 5.14. The van der Waals surface area contributed by atoms with Crippen molar-refractivity contribution in [3.05, 3.63) is 18.2 Å². The minimum absolute atomic E-state index is 0.0771. The SMILES string of the molecule is CCN1CCC(Cn2cncc2[C@@H](C)N)CC1. The molecule has 2 heterocycles. The Morgan fingerprint density at radius 3 is 2.76 bits per heavy atom. The molecule has 0 radical (unpaired) electrons. The zero-order valence-corrected chi connectivity index (χ0v) is 11.0. The summed E-state index contributed by atoms with van der Waals surface area (Å²) in [5, 5.41) is 0. The lowest BCUT2D eigenvalue weighted by molar-refractivity contribution is 0.180. The maximum atomic E-state index is 5.94. The van der Waals surface area contributed by atoms with E-state index in [4.69, 9.17) is 5.73 Å². The molecule has 0 aromatic carbocycles. The van der Waals surface area contributed by atoms with Gasteiger partial charge in [0.05, 0.1) is 12.0 Å². The Labute approximate surface area is 104 Å². The maximum absolute atomic E-state index is 5.94. The highest BCUT2D eigenvalue weighted by Gasteiger charge is 2.19. The Kier molecular flexibility index (Phi) is 4.18. The van der Waals surface area contributed by atoms with Crippen LogP contribution in [0.2, 0.25) is 0 Å². The van der Waals surface area contributed by atoms with E-state index in [1.54, 1.807) is 0 Å². The molecule has 96 valence electrons. The number of piperidine rings is 1. The second-order valence-corrected chi connectivity index (χ2v) is 5.14. The average Bonchev–Trinajstić information content (AvgIpc) is 2.78. The fourth-order valence-corrected chi connectivity index (χ4v) is 2.63. The summed E-state index contributed by atoms with van der Waals surface area (Å²) in [5.41, 5.74) is 7.09. The van der Waals surface area contributed by atoms with Crippen LogP contribution < -0.4 is 5.73 Å². The van der Waals surface area contributed by atoms with Crippen LogP contribution in [0.1, 0.15) is 38.4 Å². The maximum Gasteiger partial charge on any atom is 0.0948 e. The van der Waals surface area contributed by atoms with Gasteiger partial charge in [0.15, 0.2) is 0 Å². The third-order valence-corrected chi connectivity index (χ3v) is 3.82. The summed E-state index contributed by atoms with van der Waals surface area (Å²) in [6.07, 6.45) is 6.41. The standard InChI is InChI=1S/C13H24N4/c1-3-16-6-4-12(5-7-16)9-17-10-15-8-13(17)11(2)14/h8,10-12H,3-7,9,14H2,1-2H3/t11-/m1/s1. The summed E-state index contributed by atoms with van der Waals surface area (Å²) in [6.45, 7) is 9.00. The molecule has 1 aromatic heterocycles. The predicted molar refractivity (Wildman–Crippen MR) is 69.7 cm³/mol. The summed E-state index contributed by atoms with van der Waals surface area (Å²) in [7, 11) is 0. The molecule has 4 heteroatoms. The minimum Gasteiger partial charge on any atom is -0.333 e. The first-order valence-electron chi connectivity index (χ1n) is 6.68. The van der Waals surface area contributed by atoms with Crippen molar-refractivity contribution in [3.63, 3.8) is 0 Å². The highest BCUT2D eigenvalue weighted by molar-refractivity contribution is 5.03. The van der Waals surface area contributed by atoms with E-state index in [0.717, 1.165) is 18.2 Å². The minimum atomic E-state index is 0.0771. The molecule has 4 nitrogen and oxygen atoms in total. The van der Waals surface area contributed by atoms with Gasteiger partial charge in [-0.2, -0.15) is 0 Å². The molecule has 0 spiro atoms. The van der Waals surface area contributed by atoms with Crippen molar-refractivity contribution in [3.8, 4) is 0 Å². The van der Waals surface area contributed by atoms with Crippen molar-refractivity contribution in [1.29, 1.82) is 0 Å². The number of imidazole rings is 1. The largest absolute Gasteiger partial charge is 0.333 e. The lowest BCUT2D eigenvalue weighted by Crippen LogP contribution is -2.34. The average molecular weight is 236 g/mol. The Morgan fingerprint density at radius 1 is 1.47 bits per heavy atom. The van der Waals surface area contributed by atoms with Crippen molar-refractivity contribution >= 4 is 0 Å². The van der Waals surface area contributed by atoms with Gasteiger partial charge in [-0.3, -0.25) is 0 Å². The molecule has 0 bridgehead atoms. The normalized spacial score (nSPS) is 20.6. The first-order chi connectivity index (χ1) is 8.20. The summed E-state index contributed by atoms with van der Waals surface area (Å²) < 4.78 is 2.23. The topological polar surface area (TPSA) is 47.1 Å². The fourth-order valence-electron chi connectivity index (χ4n) is 2.63. The zero-order chi connectivity index (χ0) is 12.3. The van der Waals surface area contributed by atoms with E-state index >= 15 is 0 Å². The first kappa shape index (κ1) is 12.6. The second kappa shape index (κ2) is 5.65. The lowest BCUT2D eigenvalue weighted by atomic mass is 9.96. The van der Waals surface area contributed by atoms with Gasteiger partial charge in [0.25, 0.3) is 0 Å². The van der Waals surface area contributed by atoms with Crippen LogP contribution in [0.5, 0.6) is 0 Å². The third-order valence-electron chi connectivity index (χ3n) is 3.82. The Balaban J connectivity index is 1.91. The summed E-state index contributed by atoms with van der Waals surface area (Å²) >= 11 is 0. The first-order valence-corrected chi connectivity index (χ1v) is 6.68. The summed E-state index contributed by atoms with van der Waals surface area (Å²) in [5.74, 6) is 0.782. The number of hydrogen-bond donors (Lipinski definition) is 1. The van der Waals surface area contributed by atoms with E-state index in [-0.39, 0.29) is 6.04 Å². The van der Waals surface area contributed by atoms with Gasteiger partial charge in [-0.15, -0.1) is 0 Å².